The van der Waals surface area contributed by atoms with Crippen LogP contribution in [0, 0.1) is 3.57 Å². The zero-order valence-electron chi connectivity index (χ0n) is 10.2. The van der Waals surface area contributed by atoms with Crippen LogP contribution in [0.1, 0.15) is 10.4 Å². The Hall–Kier alpha value is -2.09. The van der Waals surface area contributed by atoms with Crippen molar-refractivity contribution in [3.63, 3.8) is 0 Å². The van der Waals surface area contributed by atoms with E-state index in [-0.39, 0.29) is 11.6 Å². The first-order chi connectivity index (χ1) is 9.63. The fraction of sp³-hybridized carbons (Fsp3) is 0. The molecule has 0 atom stereocenters. The lowest BCUT2D eigenvalue weighted by Gasteiger charge is -2.06. The van der Waals surface area contributed by atoms with Crippen molar-refractivity contribution >= 4 is 45.2 Å². The molecule has 0 unspecified atom stereocenters. The minimum atomic E-state index is -0.263. The van der Waals surface area contributed by atoms with Gasteiger partial charge in [-0.2, -0.15) is 0 Å². The van der Waals surface area contributed by atoms with E-state index in [4.69, 9.17) is 0 Å². The summed E-state index contributed by atoms with van der Waals surface area (Å²) in [4.78, 5) is 28.7. The molecule has 0 saturated heterocycles. The van der Waals surface area contributed by atoms with Gasteiger partial charge in [0.05, 0.1) is 16.6 Å². The van der Waals surface area contributed by atoms with Gasteiger partial charge >= 0.3 is 5.69 Å². The fourth-order valence-electron chi connectivity index (χ4n) is 1.95. The highest BCUT2D eigenvalue weighted by Gasteiger charge is 2.09. The van der Waals surface area contributed by atoms with E-state index in [0.29, 0.717) is 22.3 Å². The SMILES string of the molecule is O=C(Nc1ccc2[nH]c(=O)[nH]c2c1)c1ccccc1I. The second-order valence-corrected chi connectivity index (χ2v) is 5.44. The number of amides is 1. The standard InChI is InChI=1S/C14H10IN3O2/c15-10-4-2-1-3-9(10)13(19)16-8-5-6-11-12(7-8)18-14(20)17-11/h1-7H,(H,16,19)(H2,17,18,20). The number of carbonyl (C=O) groups is 1. The zero-order valence-corrected chi connectivity index (χ0v) is 12.4. The number of H-pyrrole nitrogens is 2. The lowest BCUT2D eigenvalue weighted by molar-refractivity contribution is 0.102. The maximum Gasteiger partial charge on any atom is 0.323 e. The molecule has 1 amide bonds. The van der Waals surface area contributed by atoms with Gasteiger partial charge in [-0.1, -0.05) is 12.1 Å². The van der Waals surface area contributed by atoms with Crippen molar-refractivity contribution in [1.82, 2.24) is 9.97 Å². The Labute approximate surface area is 127 Å². The lowest BCUT2D eigenvalue weighted by Crippen LogP contribution is -2.13. The number of hydrogen-bond donors (Lipinski definition) is 3. The maximum atomic E-state index is 12.2. The molecule has 0 aliphatic rings. The number of hydrogen-bond acceptors (Lipinski definition) is 2. The number of aromatic nitrogens is 2. The Balaban J connectivity index is 1.91. The number of benzene rings is 2. The normalized spacial score (nSPS) is 10.7. The maximum absolute atomic E-state index is 12.2. The minimum absolute atomic E-state index is 0.174. The summed E-state index contributed by atoms with van der Waals surface area (Å²) in [6.07, 6.45) is 0. The van der Waals surface area contributed by atoms with Crippen molar-refractivity contribution in [3.05, 3.63) is 62.1 Å². The van der Waals surface area contributed by atoms with Crippen LogP contribution < -0.4 is 11.0 Å². The molecule has 6 heteroatoms. The summed E-state index contributed by atoms with van der Waals surface area (Å²) in [7, 11) is 0. The van der Waals surface area contributed by atoms with E-state index >= 15 is 0 Å². The number of halogens is 1. The van der Waals surface area contributed by atoms with Crippen molar-refractivity contribution in [2.75, 3.05) is 5.32 Å². The summed E-state index contributed by atoms with van der Waals surface area (Å²) in [5, 5.41) is 2.82. The molecule has 0 aliphatic carbocycles. The van der Waals surface area contributed by atoms with Gasteiger partial charge in [-0.05, 0) is 52.9 Å². The van der Waals surface area contributed by atoms with E-state index in [9.17, 15) is 9.59 Å². The molecule has 0 fully saturated rings. The number of rotatable bonds is 2. The molecule has 5 nitrogen and oxygen atoms in total. The Morgan fingerprint density at radius 3 is 2.60 bits per heavy atom. The van der Waals surface area contributed by atoms with Crippen LogP contribution in [0.3, 0.4) is 0 Å². The van der Waals surface area contributed by atoms with Gasteiger partial charge in [0.25, 0.3) is 5.91 Å². The molecule has 2 aromatic carbocycles. The second kappa shape index (κ2) is 5.12. The first kappa shape index (κ1) is 12.9. The van der Waals surface area contributed by atoms with Crippen LogP contribution in [-0.2, 0) is 0 Å². The highest BCUT2D eigenvalue weighted by atomic mass is 127. The molecule has 3 N–H and O–H groups in total. The number of aromatic amines is 2. The van der Waals surface area contributed by atoms with Crippen LogP contribution >= 0.6 is 22.6 Å². The summed E-state index contributed by atoms with van der Waals surface area (Å²) in [5.74, 6) is -0.174. The highest BCUT2D eigenvalue weighted by Crippen LogP contribution is 2.17. The van der Waals surface area contributed by atoms with Gasteiger partial charge in [0.2, 0.25) is 0 Å². The predicted octanol–water partition coefficient (Wildman–Crippen LogP) is 2.71. The third-order valence-corrected chi connectivity index (χ3v) is 3.83. The summed E-state index contributed by atoms with van der Waals surface area (Å²) in [6.45, 7) is 0. The van der Waals surface area contributed by atoms with Gasteiger partial charge in [-0.25, -0.2) is 4.79 Å². The lowest BCUT2D eigenvalue weighted by atomic mass is 10.2. The average molecular weight is 379 g/mol. The quantitative estimate of drug-likeness (QED) is 0.599. The molecule has 3 rings (SSSR count). The monoisotopic (exact) mass is 379 g/mol. The summed E-state index contributed by atoms with van der Waals surface area (Å²) < 4.78 is 0.888. The van der Waals surface area contributed by atoms with Gasteiger partial charge in [0.1, 0.15) is 0 Å². The predicted molar refractivity (Wildman–Crippen MR) is 86.0 cm³/mol. The molecule has 0 spiro atoms. The fourth-order valence-corrected chi connectivity index (χ4v) is 2.59. The van der Waals surface area contributed by atoms with Crippen molar-refractivity contribution in [2.45, 2.75) is 0 Å². The number of carbonyl (C=O) groups excluding carboxylic acids is 1. The first-order valence-electron chi connectivity index (χ1n) is 5.91. The van der Waals surface area contributed by atoms with Crippen molar-refractivity contribution < 1.29 is 4.79 Å². The van der Waals surface area contributed by atoms with Gasteiger partial charge < -0.3 is 15.3 Å². The highest BCUT2D eigenvalue weighted by molar-refractivity contribution is 14.1. The average Bonchev–Trinajstić information content (AvgIpc) is 2.78. The molecule has 0 bridgehead atoms. The summed E-state index contributed by atoms with van der Waals surface area (Å²) >= 11 is 2.12. The third kappa shape index (κ3) is 2.46. The van der Waals surface area contributed by atoms with Crippen molar-refractivity contribution in [1.29, 1.82) is 0 Å². The molecule has 3 aromatic rings. The van der Waals surface area contributed by atoms with Crippen LogP contribution in [0.5, 0.6) is 0 Å². The zero-order chi connectivity index (χ0) is 14.1. The van der Waals surface area contributed by atoms with Crippen LogP contribution in [0.15, 0.2) is 47.3 Å². The Morgan fingerprint density at radius 1 is 1.05 bits per heavy atom. The largest absolute Gasteiger partial charge is 0.323 e. The molecule has 0 radical (unpaired) electrons. The van der Waals surface area contributed by atoms with E-state index in [2.05, 4.69) is 37.9 Å². The summed E-state index contributed by atoms with van der Waals surface area (Å²) in [5.41, 5.74) is 2.37. The Morgan fingerprint density at radius 2 is 1.80 bits per heavy atom. The van der Waals surface area contributed by atoms with E-state index in [1.165, 1.54) is 0 Å². The van der Waals surface area contributed by atoms with Gasteiger partial charge in [-0.15, -0.1) is 0 Å². The van der Waals surface area contributed by atoms with Gasteiger partial charge in [0.15, 0.2) is 0 Å². The number of nitrogens with one attached hydrogen (secondary N) is 3. The Bertz CT molecular complexity index is 851. The number of anilines is 1. The molecule has 0 saturated carbocycles. The van der Waals surface area contributed by atoms with Crippen LogP contribution in [-0.4, -0.2) is 15.9 Å². The van der Waals surface area contributed by atoms with Crippen LogP contribution in [0.2, 0.25) is 0 Å². The smallest absolute Gasteiger partial charge is 0.322 e. The summed E-state index contributed by atoms with van der Waals surface area (Å²) in [6, 6.07) is 12.6. The van der Waals surface area contributed by atoms with E-state index in [0.717, 1.165) is 3.57 Å². The molecule has 1 heterocycles. The van der Waals surface area contributed by atoms with Crippen LogP contribution in [0.4, 0.5) is 5.69 Å². The second-order valence-electron chi connectivity index (χ2n) is 4.27. The van der Waals surface area contributed by atoms with E-state index in [1.54, 1.807) is 24.3 Å². The van der Waals surface area contributed by atoms with Gasteiger partial charge in [0, 0.05) is 9.26 Å². The third-order valence-electron chi connectivity index (χ3n) is 2.89. The molecule has 1 aromatic heterocycles. The van der Waals surface area contributed by atoms with E-state index < -0.39 is 0 Å². The number of fused-ring (bicyclic) bond motifs is 1. The van der Waals surface area contributed by atoms with E-state index in [1.807, 2.05) is 18.2 Å². The van der Waals surface area contributed by atoms with Gasteiger partial charge in [-0.3, -0.25) is 4.79 Å². The Kier molecular flexibility index (Phi) is 3.31. The molecular formula is C14H10IN3O2. The van der Waals surface area contributed by atoms with Crippen LogP contribution in [0.25, 0.3) is 11.0 Å². The number of imidazole rings is 1. The first-order valence-corrected chi connectivity index (χ1v) is 6.99. The minimum Gasteiger partial charge on any atom is -0.322 e. The van der Waals surface area contributed by atoms with Crippen molar-refractivity contribution in [3.8, 4) is 0 Å². The molecule has 100 valence electrons. The molecule has 20 heavy (non-hydrogen) atoms. The topological polar surface area (TPSA) is 77.8 Å². The van der Waals surface area contributed by atoms with Crippen molar-refractivity contribution in [2.24, 2.45) is 0 Å². The molecule has 0 aliphatic heterocycles. The molecular weight excluding hydrogens is 369 g/mol.